The molecular formula is C17H27Br. The highest BCUT2D eigenvalue weighted by Gasteiger charge is 2.22. The van der Waals surface area contributed by atoms with Crippen molar-refractivity contribution in [3.8, 4) is 0 Å². The van der Waals surface area contributed by atoms with E-state index in [9.17, 15) is 0 Å². The summed E-state index contributed by atoms with van der Waals surface area (Å²) < 4.78 is 0. The van der Waals surface area contributed by atoms with Gasteiger partial charge in [0.15, 0.2) is 0 Å². The Hall–Kier alpha value is -0.300. The van der Waals surface area contributed by atoms with E-state index in [-0.39, 0.29) is 0 Å². The number of aryl methyl sites for hydroxylation is 2. The van der Waals surface area contributed by atoms with Crippen molar-refractivity contribution >= 4 is 15.9 Å². The van der Waals surface area contributed by atoms with Crippen LogP contribution in [0.3, 0.4) is 0 Å². The van der Waals surface area contributed by atoms with Crippen LogP contribution >= 0.6 is 15.9 Å². The van der Waals surface area contributed by atoms with Gasteiger partial charge >= 0.3 is 0 Å². The standard InChI is InChI=1S/C17H27Br/c1-12-7-8-15(9-13(12)2)11-16(18)10-14(3)17(4,5)6/h7-9,14,16H,10-11H2,1-6H3. The van der Waals surface area contributed by atoms with Crippen molar-refractivity contribution in [1.82, 2.24) is 0 Å². The Kier molecular flexibility index (Phi) is 5.46. The second kappa shape index (κ2) is 6.23. The smallest absolute Gasteiger partial charge is 0.0188 e. The summed E-state index contributed by atoms with van der Waals surface area (Å²) in [5, 5.41) is 0. The summed E-state index contributed by atoms with van der Waals surface area (Å²) in [5.74, 6) is 0.730. The Morgan fingerprint density at radius 2 is 1.72 bits per heavy atom. The third-order valence-corrected chi connectivity index (χ3v) is 4.81. The van der Waals surface area contributed by atoms with Crippen LogP contribution in [0.5, 0.6) is 0 Å². The van der Waals surface area contributed by atoms with Crippen LogP contribution in [0.1, 0.15) is 50.8 Å². The predicted molar refractivity (Wildman–Crippen MR) is 85.6 cm³/mol. The van der Waals surface area contributed by atoms with E-state index in [1.165, 1.54) is 23.1 Å². The van der Waals surface area contributed by atoms with Crippen LogP contribution in [0.2, 0.25) is 0 Å². The Bertz CT molecular complexity index is 387. The maximum absolute atomic E-state index is 3.85. The first kappa shape index (κ1) is 15.8. The van der Waals surface area contributed by atoms with Crippen LogP contribution in [0.15, 0.2) is 18.2 Å². The largest absolute Gasteiger partial charge is 0.0887 e. The first-order chi connectivity index (χ1) is 8.20. The third kappa shape index (κ3) is 4.76. The van der Waals surface area contributed by atoms with Crippen molar-refractivity contribution in [3.63, 3.8) is 0 Å². The molecule has 18 heavy (non-hydrogen) atoms. The highest BCUT2D eigenvalue weighted by Crippen LogP contribution is 2.31. The quantitative estimate of drug-likeness (QED) is 0.627. The molecule has 0 saturated heterocycles. The van der Waals surface area contributed by atoms with Gasteiger partial charge in [0.05, 0.1) is 0 Å². The summed E-state index contributed by atoms with van der Waals surface area (Å²) in [6.45, 7) is 13.7. The molecule has 2 unspecified atom stereocenters. The number of benzene rings is 1. The molecule has 1 aromatic carbocycles. The van der Waals surface area contributed by atoms with E-state index in [4.69, 9.17) is 0 Å². The van der Waals surface area contributed by atoms with Crippen molar-refractivity contribution in [2.24, 2.45) is 11.3 Å². The number of alkyl halides is 1. The summed E-state index contributed by atoms with van der Waals surface area (Å²) >= 11 is 3.85. The van der Waals surface area contributed by atoms with Gasteiger partial charge in [-0.05, 0) is 54.7 Å². The fourth-order valence-corrected chi connectivity index (χ4v) is 2.94. The molecule has 0 nitrogen and oxygen atoms in total. The molecule has 2 atom stereocenters. The molecule has 0 aliphatic carbocycles. The van der Waals surface area contributed by atoms with Crippen LogP contribution < -0.4 is 0 Å². The predicted octanol–water partition coefficient (Wildman–Crippen LogP) is 5.68. The fourth-order valence-electron chi connectivity index (χ4n) is 2.01. The van der Waals surface area contributed by atoms with E-state index >= 15 is 0 Å². The Morgan fingerprint density at radius 3 is 2.22 bits per heavy atom. The molecular weight excluding hydrogens is 284 g/mol. The van der Waals surface area contributed by atoms with E-state index < -0.39 is 0 Å². The van der Waals surface area contributed by atoms with Gasteiger partial charge in [-0.2, -0.15) is 0 Å². The third-order valence-electron chi connectivity index (χ3n) is 4.12. The highest BCUT2D eigenvalue weighted by atomic mass is 79.9. The van der Waals surface area contributed by atoms with Gasteiger partial charge in [0, 0.05) is 4.83 Å². The Balaban J connectivity index is 2.59. The molecule has 0 aliphatic heterocycles. The van der Waals surface area contributed by atoms with Gasteiger partial charge < -0.3 is 0 Å². The lowest BCUT2D eigenvalue weighted by atomic mass is 9.79. The molecule has 0 aromatic heterocycles. The van der Waals surface area contributed by atoms with Crippen LogP contribution in [-0.2, 0) is 6.42 Å². The van der Waals surface area contributed by atoms with Crippen LogP contribution in [0.4, 0.5) is 0 Å². The second-order valence-corrected chi connectivity index (χ2v) is 8.02. The Morgan fingerprint density at radius 1 is 1.11 bits per heavy atom. The maximum Gasteiger partial charge on any atom is 0.0188 e. The van der Waals surface area contributed by atoms with Crippen LogP contribution in [-0.4, -0.2) is 4.83 Å². The van der Waals surface area contributed by atoms with Crippen molar-refractivity contribution in [3.05, 3.63) is 34.9 Å². The van der Waals surface area contributed by atoms with Gasteiger partial charge in [0.1, 0.15) is 0 Å². The minimum Gasteiger partial charge on any atom is -0.0887 e. The zero-order valence-electron chi connectivity index (χ0n) is 12.7. The lowest BCUT2D eigenvalue weighted by Crippen LogP contribution is -2.21. The highest BCUT2D eigenvalue weighted by molar-refractivity contribution is 9.09. The number of halogens is 1. The average molecular weight is 311 g/mol. The summed E-state index contributed by atoms with van der Waals surface area (Å²) in [7, 11) is 0. The molecule has 1 rings (SSSR count). The summed E-state index contributed by atoms with van der Waals surface area (Å²) in [4.78, 5) is 0.578. The molecule has 0 spiro atoms. The maximum atomic E-state index is 3.85. The van der Waals surface area contributed by atoms with Gasteiger partial charge in [0.2, 0.25) is 0 Å². The number of hydrogen-bond donors (Lipinski definition) is 0. The number of rotatable bonds is 4. The molecule has 1 heteroatoms. The van der Waals surface area contributed by atoms with Crippen LogP contribution in [0.25, 0.3) is 0 Å². The van der Waals surface area contributed by atoms with Gasteiger partial charge in [-0.25, -0.2) is 0 Å². The normalized spacial score (nSPS) is 15.5. The van der Waals surface area contributed by atoms with Gasteiger partial charge in [-0.3, -0.25) is 0 Å². The van der Waals surface area contributed by atoms with E-state index in [0.717, 1.165) is 12.3 Å². The topological polar surface area (TPSA) is 0 Å². The monoisotopic (exact) mass is 310 g/mol. The first-order valence-electron chi connectivity index (χ1n) is 6.90. The van der Waals surface area contributed by atoms with E-state index in [2.05, 4.69) is 75.7 Å². The second-order valence-electron chi connectivity index (χ2n) is 6.72. The molecule has 0 N–H and O–H groups in total. The molecule has 0 fully saturated rings. The zero-order chi connectivity index (χ0) is 13.9. The average Bonchev–Trinajstić information content (AvgIpc) is 2.22. The van der Waals surface area contributed by atoms with E-state index in [1.807, 2.05) is 0 Å². The lowest BCUT2D eigenvalue weighted by Gasteiger charge is -2.29. The molecule has 0 saturated carbocycles. The molecule has 0 radical (unpaired) electrons. The van der Waals surface area contributed by atoms with Gasteiger partial charge in [0.25, 0.3) is 0 Å². The molecule has 0 heterocycles. The summed E-state index contributed by atoms with van der Waals surface area (Å²) in [5.41, 5.74) is 4.62. The lowest BCUT2D eigenvalue weighted by molar-refractivity contribution is 0.246. The molecule has 1 aromatic rings. The van der Waals surface area contributed by atoms with Crippen LogP contribution in [0, 0.1) is 25.2 Å². The molecule has 0 aliphatic rings. The minimum absolute atomic E-state index is 0.398. The van der Waals surface area contributed by atoms with Gasteiger partial charge in [-0.1, -0.05) is 61.8 Å². The number of hydrogen-bond acceptors (Lipinski definition) is 0. The minimum atomic E-state index is 0.398. The molecule has 0 bridgehead atoms. The van der Waals surface area contributed by atoms with Crippen molar-refractivity contribution in [2.45, 2.75) is 59.2 Å². The molecule has 0 amide bonds. The van der Waals surface area contributed by atoms with Crippen molar-refractivity contribution in [2.75, 3.05) is 0 Å². The summed E-state index contributed by atoms with van der Waals surface area (Å²) in [6.07, 6.45) is 2.36. The SMILES string of the molecule is Cc1ccc(CC(Br)CC(C)C(C)(C)C)cc1C. The molecule has 102 valence electrons. The van der Waals surface area contributed by atoms with Crippen molar-refractivity contribution in [1.29, 1.82) is 0 Å². The first-order valence-corrected chi connectivity index (χ1v) is 7.82. The van der Waals surface area contributed by atoms with E-state index in [0.29, 0.717) is 10.2 Å². The summed E-state index contributed by atoms with van der Waals surface area (Å²) in [6, 6.07) is 6.82. The van der Waals surface area contributed by atoms with Crippen molar-refractivity contribution < 1.29 is 0 Å². The van der Waals surface area contributed by atoms with E-state index in [1.54, 1.807) is 0 Å². The Labute approximate surface area is 121 Å². The zero-order valence-corrected chi connectivity index (χ0v) is 14.3. The fraction of sp³-hybridized carbons (Fsp3) is 0.647. The van der Waals surface area contributed by atoms with Gasteiger partial charge in [-0.15, -0.1) is 0 Å².